The second-order valence-corrected chi connectivity index (χ2v) is 3.92. The fourth-order valence-electron chi connectivity index (χ4n) is 1.80. The average Bonchev–Trinajstić information content (AvgIpc) is 2.35. The van der Waals surface area contributed by atoms with Crippen molar-refractivity contribution < 1.29 is 13.9 Å². The lowest BCUT2D eigenvalue weighted by molar-refractivity contribution is -0.146. The summed E-state index contributed by atoms with van der Waals surface area (Å²) in [4.78, 5) is 11.8. The van der Waals surface area contributed by atoms with Crippen LogP contribution >= 0.6 is 0 Å². The fraction of sp³-hybridized carbons (Fsp3) is 0.462. The standard InChI is InChI=1S/C13H18FNO2/c1-4-13(5-2,12(16)17-3)15-11-8-6-7-10(14)9-11/h6-9,15H,4-5H2,1-3H3. The molecule has 0 bridgehead atoms. The van der Waals surface area contributed by atoms with Crippen molar-refractivity contribution in [1.29, 1.82) is 0 Å². The number of hydrogen-bond acceptors (Lipinski definition) is 3. The van der Waals surface area contributed by atoms with Crippen LogP contribution in [0.2, 0.25) is 0 Å². The number of rotatable bonds is 5. The van der Waals surface area contributed by atoms with Gasteiger partial charge in [0.25, 0.3) is 0 Å². The van der Waals surface area contributed by atoms with E-state index in [1.54, 1.807) is 12.1 Å². The third kappa shape index (κ3) is 2.96. The molecular formula is C13H18FNO2. The lowest BCUT2D eigenvalue weighted by Crippen LogP contribution is -2.46. The summed E-state index contributed by atoms with van der Waals surface area (Å²) in [5.74, 6) is -0.660. The van der Waals surface area contributed by atoms with E-state index >= 15 is 0 Å². The Kier molecular flexibility index (Phi) is 4.49. The SMILES string of the molecule is CCC(CC)(Nc1cccc(F)c1)C(=O)OC. The van der Waals surface area contributed by atoms with Gasteiger partial charge in [-0.1, -0.05) is 19.9 Å². The first kappa shape index (κ1) is 13.5. The molecule has 1 rings (SSSR count). The molecule has 4 heteroatoms. The minimum atomic E-state index is -0.789. The number of esters is 1. The van der Waals surface area contributed by atoms with Crippen LogP contribution in [-0.2, 0) is 9.53 Å². The molecule has 0 heterocycles. The molecule has 1 aromatic carbocycles. The lowest BCUT2D eigenvalue weighted by atomic mass is 9.92. The molecule has 3 nitrogen and oxygen atoms in total. The second-order valence-electron chi connectivity index (χ2n) is 3.92. The summed E-state index contributed by atoms with van der Waals surface area (Å²) in [5.41, 5.74) is -0.207. The molecule has 1 N–H and O–H groups in total. The van der Waals surface area contributed by atoms with Crippen molar-refractivity contribution in [2.24, 2.45) is 0 Å². The smallest absolute Gasteiger partial charge is 0.331 e. The third-order valence-electron chi connectivity index (χ3n) is 2.99. The van der Waals surface area contributed by atoms with Gasteiger partial charge in [-0.15, -0.1) is 0 Å². The zero-order chi connectivity index (χ0) is 12.9. The van der Waals surface area contributed by atoms with Crippen molar-refractivity contribution in [3.8, 4) is 0 Å². The molecule has 0 aromatic heterocycles. The zero-order valence-electron chi connectivity index (χ0n) is 10.4. The van der Waals surface area contributed by atoms with Gasteiger partial charge >= 0.3 is 5.97 Å². The number of benzene rings is 1. The number of nitrogens with one attached hydrogen (secondary N) is 1. The van der Waals surface area contributed by atoms with E-state index in [0.29, 0.717) is 18.5 Å². The fourth-order valence-corrected chi connectivity index (χ4v) is 1.80. The van der Waals surface area contributed by atoms with Gasteiger partial charge in [-0.25, -0.2) is 9.18 Å². The molecule has 17 heavy (non-hydrogen) atoms. The number of halogens is 1. The minimum Gasteiger partial charge on any atom is -0.467 e. The number of ether oxygens (including phenoxy) is 1. The van der Waals surface area contributed by atoms with Crippen LogP contribution in [0.3, 0.4) is 0 Å². The molecule has 0 amide bonds. The van der Waals surface area contributed by atoms with Crippen LogP contribution in [0.5, 0.6) is 0 Å². The molecule has 0 spiro atoms. The monoisotopic (exact) mass is 239 g/mol. The first-order valence-electron chi connectivity index (χ1n) is 5.70. The maximum Gasteiger partial charge on any atom is 0.331 e. The topological polar surface area (TPSA) is 38.3 Å². The molecule has 0 aliphatic carbocycles. The molecule has 0 aliphatic heterocycles. The van der Waals surface area contributed by atoms with Crippen LogP contribution in [-0.4, -0.2) is 18.6 Å². The largest absolute Gasteiger partial charge is 0.467 e. The van der Waals surface area contributed by atoms with E-state index in [9.17, 15) is 9.18 Å². The summed E-state index contributed by atoms with van der Waals surface area (Å²) in [6, 6.07) is 6.06. The molecule has 0 atom stereocenters. The molecule has 0 saturated heterocycles. The quantitative estimate of drug-likeness (QED) is 0.803. The Morgan fingerprint density at radius 3 is 2.53 bits per heavy atom. The summed E-state index contributed by atoms with van der Waals surface area (Å²) in [6.07, 6.45) is 1.15. The van der Waals surface area contributed by atoms with Crippen molar-refractivity contribution in [2.75, 3.05) is 12.4 Å². The van der Waals surface area contributed by atoms with Crippen LogP contribution in [0.1, 0.15) is 26.7 Å². The number of anilines is 1. The van der Waals surface area contributed by atoms with Crippen molar-refractivity contribution >= 4 is 11.7 Å². The molecular weight excluding hydrogens is 221 g/mol. The van der Waals surface area contributed by atoms with E-state index in [1.807, 2.05) is 13.8 Å². The molecule has 0 fully saturated rings. The zero-order valence-corrected chi connectivity index (χ0v) is 10.4. The third-order valence-corrected chi connectivity index (χ3v) is 2.99. The van der Waals surface area contributed by atoms with Crippen LogP contribution < -0.4 is 5.32 Å². The van der Waals surface area contributed by atoms with Gasteiger partial charge in [-0.3, -0.25) is 0 Å². The Morgan fingerprint density at radius 1 is 1.41 bits per heavy atom. The van der Waals surface area contributed by atoms with Crippen LogP contribution in [0.15, 0.2) is 24.3 Å². The molecule has 1 aromatic rings. The van der Waals surface area contributed by atoms with Gasteiger partial charge in [0, 0.05) is 5.69 Å². The van der Waals surface area contributed by atoms with Crippen LogP contribution in [0.25, 0.3) is 0 Å². The average molecular weight is 239 g/mol. The highest BCUT2D eigenvalue weighted by molar-refractivity contribution is 5.84. The number of carbonyl (C=O) groups is 1. The number of carbonyl (C=O) groups excluding carboxylic acids is 1. The van der Waals surface area contributed by atoms with E-state index < -0.39 is 5.54 Å². The summed E-state index contributed by atoms with van der Waals surface area (Å²) in [5, 5.41) is 3.07. The molecule has 0 radical (unpaired) electrons. The van der Waals surface area contributed by atoms with Gasteiger partial charge in [-0.05, 0) is 31.0 Å². The van der Waals surface area contributed by atoms with Gasteiger partial charge in [0.15, 0.2) is 0 Å². The number of hydrogen-bond donors (Lipinski definition) is 1. The summed E-state index contributed by atoms with van der Waals surface area (Å²) < 4.78 is 17.9. The summed E-state index contributed by atoms with van der Waals surface area (Å²) in [7, 11) is 1.36. The lowest BCUT2D eigenvalue weighted by Gasteiger charge is -2.30. The number of methoxy groups -OCH3 is 1. The highest BCUT2D eigenvalue weighted by Crippen LogP contribution is 2.24. The molecule has 0 aliphatic rings. The first-order chi connectivity index (χ1) is 8.07. The van der Waals surface area contributed by atoms with Crippen molar-refractivity contribution in [3.63, 3.8) is 0 Å². The Bertz CT molecular complexity index is 389. The van der Waals surface area contributed by atoms with Gasteiger partial charge < -0.3 is 10.1 Å². The highest BCUT2D eigenvalue weighted by Gasteiger charge is 2.35. The maximum atomic E-state index is 13.1. The van der Waals surface area contributed by atoms with E-state index in [4.69, 9.17) is 4.74 Å². The predicted octanol–water partition coefficient (Wildman–Crippen LogP) is 2.97. The maximum absolute atomic E-state index is 13.1. The van der Waals surface area contributed by atoms with Gasteiger partial charge in [0.2, 0.25) is 0 Å². The molecule has 0 unspecified atom stereocenters. The van der Waals surface area contributed by atoms with Crippen LogP contribution in [0, 0.1) is 5.82 Å². The van der Waals surface area contributed by atoms with Gasteiger partial charge in [0.1, 0.15) is 11.4 Å². The molecule has 0 saturated carbocycles. The van der Waals surface area contributed by atoms with E-state index in [-0.39, 0.29) is 11.8 Å². The predicted molar refractivity (Wildman–Crippen MR) is 65.4 cm³/mol. The Labute approximate surface area is 101 Å². The van der Waals surface area contributed by atoms with E-state index in [1.165, 1.54) is 19.2 Å². The normalized spacial score (nSPS) is 11.1. The summed E-state index contributed by atoms with van der Waals surface area (Å²) >= 11 is 0. The Balaban J connectivity index is 2.98. The van der Waals surface area contributed by atoms with Gasteiger partial charge in [-0.2, -0.15) is 0 Å². The van der Waals surface area contributed by atoms with Gasteiger partial charge in [0.05, 0.1) is 7.11 Å². The highest BCUT2D eigenvalue weighted by atomic mass is 19.1. The first-order valence-corrected chi connectivity index (χ1v) is 5.70. The van der Waals surface area contributed by atoms with E-state index in [2.05, 4.69) is 5.32 Å². The van der Waals surface area contributed by atoms with E-state index in [0.717, 1.165) is 0 Å². The summed E-state index contributed by atoms with van der Waals surface area (Å²) in [6.45, 7) is 3.79. The molecule has 94 valence electrons. The van der Waals surface area contributed by atoms with Crippen molar-refractivity contribution in [1.82, 2.24) is 0 Å². The minimum absolute atomic E-state index is 0.327. The van der Waals surface area contributed by atoms with Crippen molar-refractivity contribution in [3.05, 3.63) is 30.1 Å². The second kappa shape index (κ2) is 5.66. The Morgan fingerprint density at radius 2 is 2.06 bits per heavy atom. The van der Waals surface area contributed by atoms with Crippen molar-refractivity contribution in [2.45, 2.75) is 32.2 Å². The Hall–Kier alpha value is -1.58. The van der Waals surface area contributed by atoms with Crippen LogP contribution in [0.4, 0.5) is 10.1 Å².